The van der Waals surface area contributed by atoms with E-state index >= 15 is 0 Å². The van der Waals surface area contributed by atoms with Gasteiger partial charge in [0.1, 0.15) is 13.2 Å². The number of hydrogen-bond acceptors (Lipinski definition) is 4. The Labute approximate surface area is 131 Å². The summed E-state index contributed by atoms with van der Waals surface area (Å²) in [6.45, 7) is 7.61. The third-order valence-corrected chi connectivity index (χ3v) is 4.55. The van der Waals surface area contributed by atoms with Crippen LogP contribution in [0.25, 0.3) is 0 Å². The van der Waals surface area contributed by atoms with E-state index in [-0.39, 0.29) is 0 Å². The van der Waals surface area contributed by atoms with Gasteiger partial charge < -0.3 is 14.8 Å². The van der Waals surface area contributed by atoms with Gasteiger partial charge >= 0.3 is 0 Å². The van der Waals surface area contributed by atoms with Gasteiger partial charge in [-0.3, -0.25) is 4.90 Å². The van der Waals surface area contributed by atoms with E-state index in [0.717, 1.165) is 30.9 Å². The smallest absolute Gasteiger partial charge is 0.179 e. The van der Waals surface area contributed by atoms with Gasteiger partial charge in [0.2, 0.25) is 0 Å². The fraction of sp³-hybridized carbons (Fsp3) is 0.625. The Bertz CT molecular complexity index is 495. The lowest BCUT2D eigenvalue weighted by atomic mass is 10.1. The minimum atomic E-state index is 0.568. The minimum absolute atomic E-state index is 0.568. The van der Waals surface area contributed by atoms with Crippen LogP contribution in [-0.4, -0.2) is 43.8 Å². The number of fused-ring (bicyclic) bond motifs is 1. The number of likely N-dealkylation sites (tertiary alicyclic amines) is 1. The van der Waals surface area contributed by atoms with Gasteiger partial charge in [0.15, 0.2) is 11.5 Å². The Morgan fingerprint density at radius 3 is 3.05 bits per heavy atom. The van der Waals surface area contributed by atoms with E-state index in [1.54, 1.807) is 0 Å². The van der Waals surface area contributed by atoms with Crippen molar-refractivity contribution in [1.29, 1.82) is 0 Å². The largest absolute Gasteiger partial charge is 0.486 e. The quantitative estimate of drug-likeness (QED) is 0.906. The molecule has 1 N–H and O–H groups in total. The predicted molar refractivity (Wildman–Crippen MR) is 84.4 cm³/mol. The lowest BCUT2D eigenvalue weighted by molar-refractivity contribution is 0.171. The molecule has 2 heterocycles. The van der Waals surface area contributed by atoms with Crippen molar-refractivity contribution in [2.75, 3.05) is 32.8 Å². The molecule has 0 amide bonds. The SMILES string of the molecule is CCN1CCCC1CNCc1cc(Cl)c2c(c1)OCCO2. The number of halogens is 1. The number of rotatable bonds is 5. The molecule has 0 bridgehead atoms. The summed E-state index contributed by atoms with van der Waals surface area (Å²) in [5, 5.41) is 4.18. The molecular formula is C16H23ClN2O2. The first-order valence-corrected chi connectivity index (χ1v) is 8.18. The first-order valence-electron chi connectivity index (χ1n) is 7.80. The third-order valence-electron chi connectivity index (χ3n) is 4.27. The third kappa shape index (κ3) is 3.44. The molecule has 0 radical (unpaired) electrons. The van der Waals surface area contributed by atoms with Gasteiger partial charge in [0.05, 0.1) is 5.02 Å². The van der Waals surface area contributed by atoms with Crippen LogP contribution in [0.3, 0.4) is 0 Å². The molecule has 1 unspecified atom stereocenters. The van der Waals surface area contributed by atoms with Gasteiger partial charge in [-0.2, -0.15) is 0 Å². The molecule has 1 aromatic rings. The van der Waals surface area contributed by atoms with Gasteiger partial charge in [-0.15, -0.1) is 0 Å². The number of nitrogens with one attached hydrogen (secondary N) is 1. The van der Waals surface area contributed by atoms with Crippen molar-refractivity contribution in [1.82, 2.24) is 10.2 Å². The van der Waals surface area contributed by atoms with E-state index in [1.165, 1.54) is 19.4 Å². The summed E-state index contributed by atoms with van der Waals surface area (Å²) in [4.78, 5) is 2.55. The molecule has 2 aliphatic rings. The molecule has 0 spiro atoms. The van der Waals surface area contributed by atoms with Crippen molar-refractivity contribution in [2.45, 2.75) is 32.4 Å². The highest BCUT2D eigenvalue weighted by molar-refractivity contribution is 6.32. The maximum Gasteiger partial charge on any atom is 0.179 e. The number of nitrogens with zero attached hydrogens (tertiary/aromatic N) is 1. The van der Waals surface area contributed by atoms with Gasteiger partial charge in [0, 0.05) is 19.1 Å². The molecule has 116 valence electrons. The van der Waals surface area contributed by atoms with E-state index in [4.69, 9.17) is 21.1 Å². The van der Waals surface area contributed by atoms with E-state index in [1.807, 2.05) is 12.1 Å². The molecular weight excluding hydrogens is 288 g/mol. The second-order valence-corrected chi connectivity index (χ2v) is 6.06. The molecule has 0 aromatic heterocycles. The summed E-state index contributed by atoms with van der Waals surface area (Å²) in [6, 6.07) is 4.66. The van der Waals surface area contributed by atoms with E-state index in [2.05, 4.69) is 17.1 Å². The van der Waals surface area contributed by atoms with Crippen LogP contribution in [0.15, 0.2) is 12.1 Å². The number of likely N-dealkylation sites (N-methyl/N-ethyl adjacent to an activating group) is 1. The first-order chi connectivity index (χ1) is 10.3. The standard InChI is InChI=1S/C16H23ClN2O2/c1-2-19-5-3-4-13(19)11-18-10-12-8-14(17)16-15(9-12)20-6-7-21-16/h8-9,13,18H,2-7,10-11H2,1H3. The van der Waals surface area contributed by atoms with Gasteiger partial charge in [0.25, 0.3) is 0 Å². The average Bonchev–Trinajstić information content (AvgIpc) is 2.95. The summed E-state index contributed by atoms with van der Waals surface area (Å²) >= 11 is 6.26. The summed E-state index contributed by atoms with van der Waals surface area (Å²) in [5.41, 5.74) is 1.14. The lowest BCUT2D eigenvalue weighted by Crippen LogP contribution is -2.37. The summed E-state index contributed by atoms with van der Waals surface area (Å²) in [6.07, 6.45) is 2.61. The second-order valence-electron chi connectivity index (χ2n) is 5.66. The molecule has 4 nitrogen and oxygen atoms in total. The highest BCUT2D eigenvalue weighted by Crippen LogP contribution is 2.38. The van der Waals surface area contributed by atoms with Crippen LogP contribution in [-0.2, 0) is 6.54 Å². The molecule has 2 aliphatic heterocycles. The first kappa shape index (κ1) is 14.9. The number of ether oxygens (including phenoxy) is 2. The molecule has 3 rings (SSSR count). The Morgan fingerprint density at radius 2 is 2.19 bits per heavy atom. The van der Waals surface area contributed by atoms with Crippen molar-refractivity contribution in [3.05, 3.63) is 22.7 Å². The zero-order chi connectivity index (χ0) is 14.7. The van der Waals surface area contributed by atoms with Gasteiger partial charge in [-0.05, 0) is 43.6 Å². The normalized spacial score (nSPS) is 21.7. The number of hydrogen-bond donors (Lipinski definition) is 1. The van der Waals surface area contributed by atoms with E-state index < -0.39 is 0 Å². The second kappa shape index (κ2) is 6.86. The summed E-state index contributed by atoms with van der Waals surface area (Å²) in [5.74, 6) is 1.45. The molecule has 1 aromatic carbocycles. The van der Waals surface area contributed by atoms with Crippen molar-refractivity contribution in [2.24, 2.45) is 0 Å². The van der Waals surface area contributed by atoms with Crippen LogP contribution in [0.4, 0.5) is 0 Å². The van der Waals surface area contributed by atoms with Crippen LogP contribution >= 0.6 is 11.6 Å². The molecule has 0 saturated carbocycles. The van der Waals surface area contributed by atoms with Crippen LogP contribution in [0.2, 0.25) is 5.02 Å². The maximum absolute atomic E-state index is 6.26. The Kier molecular flexibility index (Phi) is 4.88. The zero-order valence-corrected chi connectivity index (χ0v) is 13.3. The topological polar surface area (TPSA) is 33.7 Å². The molecule has 0 aliphatic carbocycles. The zero-order valence-electron chi connectivity index (χ0n) is 12.5. The van der Waals surface area contributed by atoms with Crippen LogP contribution < -0.4 is 14.8 Å². The molecule has 5 heteroatoms. The Balaban J connectivity index is 1.57. The number of benzene rings is 1. The highest BCUT2D eigenvalue weighted by Gasteiger charge is 2.22. The fourth-order valence-corrected chi connectivity index (χ4v) is 3.48. The van der Waals surface area contributed by atoms with Crippen molar-refractivity contribution in [3.8, 4) is 11.5 Å². The molecule has 1 fully saturated rings. The van der Waals surface area contributed by atoms with Crippen LogP contribution in [0, 0.1) is 0 Å². The lowest BCUT2D eigenvalue weighted by Gasteiger charge is -2.23. The van der Waals surface area contributed by atoms with Gasteiger partial charge in [-0.25, -0.2) is 0 Å². The van der Waals surface area contributed by atoms with Crippen LogP contribution in [0.1, 0.15) is 25.3 Å². The fourth-order valence-electron chi connectivity index (χ4n) is 3.19. The monoisotopic (exact) mass is 310 g/mol. The van der Waals surface area contributed by atoms with Gasteiger partial charge in [-0.1, -0.05) is 18.5 Å². The van der Waals surface area contributed by atoms with E-state index in [0.29, 0.717) is 30.0 Å². The maximum atomic E-state index is 6.26. The van der Waals surface area contributed by atoms with Crippen molar-refractivity contribution >= 4 is 11.6 Å². The summed E-state index contributed by atoms with van der Waals surface area (Å²) < 4.78 is 11.2. The van der Waals surface area contributed by atoms with Crippen molar-refractivity contribution < 1.29 is 9.47 Å². The van der Waals surface area contributed by atoms with Crippen LogP contribution in [0.5, 0.6) is 11.5 Å². The van der Waals surface area contributed by atoms with E-state index in [9.17, 15) is 0 Å². The summed E-state index contributed by atoms with van der Waals surface area (Å²) in [7, 11) is 0. The molecule has 21 heavy (non-hydrogen) atoms. The predicted octanol–water partition coefficient (Wildman–Crippen LogP) is 2.69. The Morgan fingerprint density at radius 1 is 1.33 bits per heavy atom. The minimum Gasteiger partial charge on any atom is -0.486 e. The molecule has 1 saturated heterocycles. The average molecular weight is 311 g/mol. The van der Waals surface area contributed by atoms with Crippen molar-refractivity contribution in [3.63, 3.8) is 0 Å². The highest BCUT2D eigenvalue weighted by atomic mass is 35.5. The Hall–Kier alpha value is -0.970. The molecule has 1 atom stereocenters.